The van der Waals surface area contributed by atoms with Crippen molar-refractivity contribution in [3.63, 3.8) is 0 Å². The molecule has 2 N–H and O–H groups in total. The maximum absolute atomic E-state index is 13.8. The number of hydrogen-bond donors (Lipinski definition) is 2. The molecule has 3 aromatic heterocycles. The highest BCUT2D eigenvalue weighted by Crippen LogP contribution is 2.28. The molecule has 1 aliphatic carbocycles. The molecule has 1 saturated carbocycles. The smallest absolute Gasteiger partial charge is 0.257 e. The summed E-state index contributed by atoms with van der Waals surface area (Å²) < 4.78 is 15.3. The van der Waals surface area contributed by atoms with Gasteiger partial charge in [-0.25, -0.2) is 13.9 Å². The summed E-state index contributed by atoms with van der Waals surface area (Å²) >= 11 is 0. The van der Waals surface area contributed by atoms with Crippen molar-refractivity contribution >= 4 is 11.6 Å². The van der Waals surface area contributed by atoms with E-state index < -0.39 is 5.82 Å². The first-order valence-electron chi connectivity index (χ1n) is 8.97. The van der Waals surface area contributed by atoms with Gasteiger partial charge in [-0.2, -0.15) is 5.10 Å². The zero-order chi connectivity index (χ0) is 19.0. The number of aliphatic hydroxyl groups excluding tert-OH is 1. The summed E-state index contributed by atoms with van der Waals surface area (Å²) in [6.07, 6.45) is 6.89. The van der Waals surface area contributed by atoms with Gasteiger partial charge in [0.1, 0.15) is 17.1 Å². The lowest BCUT2D eigenvalue weighted by Gasteiger charge is -2.26. The van der Waals surface area contributed by atoms with Gasteiger partial charge in [-0.1, -0.05) is 0 Å². The summed E-state index contributed by atoms with van der Waals surface area (Å²) in [4.78, 5) is 21.4. The minimum atomic E-state index is -0.492. The van der Waals surface area contributed by atoms with Crippen LogP contribution in [0.15, 0.2) is 30.7 Å². The van der Waals surface area contributed by atoms with Crippen LogP contribution in [0.3, 0.4) is 0 Å². The average molecular weight is 369 g/mol. The topological polar surface area (TPSA) is 92.4 Å². The first-order valence-corrected chi connectivity index (χ1v) is 8.97. The number of aryl methyl sites for hydroxylation is 1. The quantitative estimate of drug-likeness (QED) is 0.739. The highest BCUT2D eigenvalue weighted by Gasteiger charge is 2.27. The Bertz CT molecular complexity index is 995. The summed E-state index contributed by atoms with van der Waals surface area (Å²) in [5, 5.41) is 17.1. The van der Waals surface area contributed by atoms with E-state index in [1.165, 1.54) is 10.6 Å². The zero-order valence-electron chi connectivity index (χ0n) is 14.9. The van der Waals surface area contributed by atoms with Crippen LogP contribution in [-0.4, -0.2) is 42.7 Å². The predicted molar refractivity (Wildman–Crippen MR) is 96.6 cm³/mol. The van der Waals surface area contributed by atoms with Crippen molar-refractivity contribution in [3.05, 3.63) is 47.8 Å². The van der Waals surface area contributed by atoms with Crippen LogP contribution in [-0.2, 0) is 0 Å². The molecule has 140 valence electrons. The monoisotopic (exact) mass is 369 g/mol. The number of nitrogens with zero attached hydrogens (tertiary/aromatic N) is 4. The third kappa shape index (κ3) is 3.40. The van der Waals surface area contributed by atoms with Crippen LogP contribution in [0, 0.1) is 12.7 Å². The van der Waals surface area contributed by atoms with Gasteiger partial charge in [-0.15, -0.1) is 0 Å². The van der Waals surface area contributed by atoms with Crippen molar-refractivity contribution in [1.82, 2.24) is 24.9 Å². The molecule has 3 aromatic rings. The van der Waals surface area contributed by atoms with E-state index in [-0.39, 0.29) is 18.1 Å². The van der Waals surface area contributed by atoms with E-state index in [0.717, 1.165) is 19.0 Å². The summed E-state index contributed by atoms with van der Waals surface area (Å²) in [5.74, 6) is -0.794. The molecule has 3 heterocycles. The third-order valence-electron chi connectivity index (χ3n) is 4.96. The van der Waals surface area contributed by atoms with Crippen molar-refractivity contribution in [3.8, 4) is 11.3 Å². The molecule has 4 rings (SSSR count). The zero-order valence-corrected chi connectivity index (χ0v) is 14.9. The van der Waals surface area contributed by atoms with Crippen molar-refractivity contribution in [2.24, 2.45) is 0 Å². The van der Waals surface area contributed by atoms with Crippen LogP contribution >= 0.6 is 0 Å². The molecule has 7 nitrogen and oxygen atoms in total. The fraction of sp³-hybridized carbons (Fsp3) is 0.368. The number of fused-ring (bicyclic) bond motifs is 1. The van der Waals surface area contributed by atoms with Crippen LogP contribution in [0.4, 0.5) is 4.39 Å². The Balaban J connectivity index is 1.76. The van der Waals surface area contributed by atoms with Crippen molar-refractivity contribution in [2.75, 3.05) is 0 Å². The number of carbonyl (C=O) groups excluding carboxylic acids is 1. The van der Waals surface area contributed by atoms with E-state index >= 15 is 0 Å². The van der Waals surface area contributed by atoms with E-state index in [9.17, 15) is 14.3 Å². The molecule has 8 heteroatoms. The van der Waals surface area contributed by atoms with Crippen molar-refractivity contribution in [2.45, 2.75) is 44.8 Å². The maximum Gasteiger partial charge on any atom is 0.257 e. The number of hydrogen-bond acceptors (Lipinski definition) is 5. The molecular formula is C19H20FN5O2. The molecular weight excluding hydrogens is 349 g/mol. The Morgan fingerprint density at radius 2 is 2.07 bits per heavy atom. The highest BCUT2D eigenvalue weighted by molar-refractivity contribution is 6.05. The molecule has 1 amide bonds. The van der Waals surface area contributed by atoms with Gasteiger partial charge >= 0.3 is 0 Å². The first kappa shape index (κ1) is 17.5. The van der Waals surface area contributed by atoms with E-state index in [1.54, 1.807) is 25.4 Å². The lowest BCUT2D eigenvalue weighted by atomic mass is 9.93. The number of nitrogens with one attached hydrogen (secondary N) is 1. The Hall–Kier alpha value is -2.87. The Kier molecular flexibility index (Phi) is 4.57. The minimum absolute atomic E-state index is 0.0147. The first-order chi connectivity index (χ1) is 13.0. The standard InChI is InChI=1S/C19H20FN5O2/c1-11-15(9-12(20)10-22-11)17-16(18-21-7-2-8-25(18)24-17)19(27)23-13-3-5-14(26)6-4-13/h2,7-10,13-14,26H,3-6H2,1H3,(H,23,27)/t13-,14+. The second kappa shape index (κ2) is 7.03. The summed E-state index contributed by atoms with van der Waals surface area (Å²) in [5.41, 5.74) is 2.10. The fourth-order valence-electron chi connectivity index (χ4n) is 3.51. The Morgan fingerprint density at radius 1 is 1.30 bits per heavy atom. The molecule has 0 unspecified atom stereocenters. The minimum Gasteiger partial charge on any atom is -0.393 e. The molecule has 0 saturated heterocycles. The Labute approximate surface area is 155 Å². The van der Waals surface area contributed by atoms with Gasteiger partial charge in [0.25, 0.3) is 5.91 Å². The van der Waals surface area contributed by atoms with Gasteiger partial charge in [0.2, 0.25) is 0 Å². The molecule has 0 atom stereocenters. The van der Waals surface area contributed by atoms with E-state index in [2.05, 4.69) is 20.4 Å². The molecule has 1 fully saturated rings. The van der Waals surface area contributed by atoms with E-state index in [4.69, 9.17) is 0 Å². The number of carbonyl (C=O) groups is 1. The van der Waals surface area contributed by atoms with E-state index in [1.807, 2.05) is 0 Å². The van der Waals surface area contributed by atoms with Gasteiger partial charge in [-0.3, -0.25) is 9.78 Å². The van der Waals surface area contributed by atoms with Crippen LogP contribution < -0.4 is 5.32 Å². The number of halogens is 1. The van der Waals surface area contributed by atoms with Gasteiger partial charge in [0, 0.05) is 29.7 Å². The summed E-state index contributed by atoms with van der Waals surface area (Å²) in [6, 6.07) is 3.03. The number of pyridine rings is 1. The molecule has 0 bridgehead atoms. The molecule has 0 aliphatic heterocycles. The second-order valence-electron chi connectivity index (χ2n) is 6.88. The molecule has 0 aromatic carbocycles. The van der Waals surface area contributed by atoms with Gasteiger partial charge in [0.05, 0.1) is 12.3 Å². The van der Waals surface area contributed by atoms with Gasteiger partial charge in [0.15, 0.2) is 5.65 Å². The normalized spacial score (nSPS) is 20.0. The lowest BCUT2D eigenvalue weighted by Crippen LogP contribution is -2.38. The predicted octanol–water partition coefficient (Wildman–Crippen LogP) is 2.27. The number of aliphatic hydroxyl groups is 1. The number of amides is 1. The molecule has 0 radical (unpaired) electrons. The van der Waals surface area contributed by atoms with Crippen LogP contribution in [0.25, 0.3) is 16.9 Å². The summed E-state index contributed by atoms with van der Waals surface area (Å²) in [7, 11) is 0. The number of rotatable bonds is 3. The van der Waals surface area contributed by atoms with Crippen LogP contribution in [0.2, 0.25) is 0 Å². The third-order valence-corrected chi connectivity index (χ3v) is 4.96. The molecule has 27 heavy (non-hydrogen) atoms. The van der Waals surface area contributed by atoms with Crippen LogP contribution in [0.5, 0.6) is 0 Å². The number of aromatic nitrogens is 4. The van der Waals surface area contributed by atoms with Crippen LogP contribution in [0.1, 0.15) is 41.7 Å². The van der Waals surface area contributed by atoms with Crippen molar-refractivity contribution < 1.29 is 14.3 Å². The van der Waals surface area contributed by atoms with Gasteiger partial charge in [-0.05, 0) is 44.7 Å². The van der Waals surface area contributed by atoms with E-state index in [0.29, 0.717) is 41.0 Å². The highest BCUT2D eigenvalue weighted by atomic mass is 19.1. The average Bonchev–Trinajstić information content (AvgIpc) is 3.05. The van der Waals surface area contributed by atoms with Crippen molar-refractivity contribution in [1.29, 1.82) is 0 Å². The largest absolute Gasteiger partial charge is 0.393 e. The molecule has 0 spiro atoms. The van der Waals surface area contributed by atoms with Gasteiger partial charge < -0.3 is 10.4 Å². The second-order valence-corrected chi connectivity index (χ2v) is 6.88. The fourth-order valence-corrected chi connectivity index (χ4v) is 3.51. The maximum atomic E-state index is 13.8. The summed E-state index contributed by atoms with van der Waals surface area (Å²) in [6.45, 7) is 1.75. The Morgan fingerprint density at radius 3 is 2.85 bits per heavy atom. The lowest BCUT2D eigenvalue weighted by molar-refractivity contribution is 0.0869. The molecule has 1 aliphatic rings. The SMILES string of the molecule is Cc1ncc(F)cc1-c1nn2cccnc2c1C(=O)N[C@H]1CC[C@@H](O)CC1.